The van der Waals surface area contributed by atoms with Gasteiger partial charge in [0.1, 0.15) is 0 Å². The van der Waals surface area contributed by atoms with E-state index in [1.165, 1.54) is 0 Å². The van der Waals surface area contributed by atoms with Crippen LogP contribution in [0.15, 0.2) is 10.6 Å². The van der Waals surface area contributed by atoms with Crippen molar-refractivity contribution in [3.8, 4) is 0 Å². The van der Waals surface area contributed by atoms with Crippen molar-refractivity contribution in [2.24, 2.45) is 0 Å². The van der Waals surface area contributed by atoms with Crippen LogP contribution in [0.1, 0.15) is 32.2 Å². The number of hydrogen-bond donors (Lipinski definition) is 1. The molecule has 1 aromatic rings. The zero-order chi connectivity index (χ0) is 11.5. The van der Waals surface area contributed by atoms with Crippen LogP contribution in [0.25, 0.3) is 0 Å². The second-order valence-electron chi connectivity index (χ2n) is 5.13. The monoisotopic (exact) mass is 211 g/mol. The van der Waals surface area contributed by atoms with Gasteiger partial charge in [0.05, 0.1) is 12.2 Å². The molecular formula is C11H21N3O. The Kier molecular flexibility index (Phi) is 3.88. The third-order valence-corrected chi connectivity index (χ3v) is 1.88. The molecule has 0 aliphatic carbocycles. The van der Waals surface area contributed by atoms with Gasteiger partial charge in [0, 0.05) is 18.2 Å². The number of hydrogen-bond acceptors (Lipinski definition) is 4. The minimum atomic E-state index is 0.112. The Morgan fingerprint density at radius 2 is 2.07 bits per heavy atom. The Morgan fingerprint density at radius 1 is 1.40 bits per heavy atom. The molecule has 0 unspecified atom stereocenters. The van der Waals surface area contributed by atoms with E-state index in [-0.39, 0.29) is 5.54 Å². The second kappa shape index (κ2) is 4.77. The predicted octanol–water partition coefficient (Wildman–Crippen LogP) is 1.62. The molecule has 0 atom stereocenters. The Balaban J connectivity index is 2.46. The van der Waals surface area contributed by atoms with Gasteiger partial charge in [-0.25, -0.2) is 0 Å². The lowest BCUT2D eigenvalue weighted by atomic mass is 10.1. The fourth-order valence-corrected chi connectivity index (χ4v) is 1.18. The van der Waals surface area contributed by atoms with Crippen molar-refractivity contribution in [1.29, 1.82) is 0 Å². The zero-order valence-electron chi connectivity index (χ0n) is 10.3. The first-order valence-electron chi connectivity index (χ1n) is 5.21. The maximum Gasteiger partial charge on any atom is 0.150 e. The van der Waals surface area contributed by atoms with E-state index in [4.69, 9.17) is 4.52 Å². The Morgan fingerprint density at radius 3 is 2.60 bits per heavy atom. The Labute approximate surface area is 91.6 Å². The highest BCUT2D eigenvalue weighted by molar-refractivity contribution is 5.05. The van der Waals surface area contributed by atoms with Crippen LogP contribution in [-0.4, -0.2) is 29.7 Å². The van der Waals surface area contributed by atoms with Gasteiger partial charge in [-0.05, 0) is 34.9 Å². The third kappa shape index (κ3) is 4.95. The fraction of sp³-hybridized carbons (Fsp3) is 0.727. The predicted molar refractivity (Wildman–Crippen MR) is 60.5 cm³/mol. The summed E-state index contributed by atoms with van der Waals surface area (Å²) in [5, 5.41) is 7.38. The summed E-state index contributed by atoms with van der Waals surface area (Å²) in [6.45, 7) is 7.94. The van der Waals surface area contributed by atoms with E-state index in [0.717, 1.165) is 24.5 Å². The standard InChI is InChI=1S/C11H21N3O/c1-11(2,3)12-7-9-6-10(15-13-9)8-14(4)5/h6,12H,7-8H2,1-5H3. The molecule has 0 aliphatic heterocycles. The highest BCUT2D eigenvalue weighted by Crippen LogP contribution is 2.07. The van der Waals surface area contributed by atoms with Crippen LogP contribution >= 0.6 is 0 Å². The fourth-order valence-electron chi connectivity index (χ4n) is 1.18. The summed E-state index contributed by atoms with van der Waals surface area (Å²) >= 11 is 0. The van der Waals surface area contributed by atoms with Crippen molar-refractivity contribution in [2.75, 3.05) is 14.1 Å². The molecule has 1 aromatic heterocycles. The molecule has 0 radical (unpaired) electrons. The summed E-state index contributed by atoms with van der Waals surface area (Å²) < 4.78 is 5.21. The molecule has 1 rings (SSSR count). The zero-order valence-corrected chi connectivity index (χ0v) is 10.3. The smallest absolute Gasteiger partial charge is 0.150 e. The second-order valence-corrected chi connectivity index (χ2v) is 5.13. The van der Waals surface area contributed by atoms with Gasteiger partial charge in [-0.1, -0.05) is 5.16 Å². The highest BCUT2D eigenvalue weighted by Gasteiger charge is 2.11. The average molecular weight is 211 g/mol. The maximum absolute atomic E-state index is 5.21. The normalized spacial score (nSPS) is 12.4. The van der Waals surface area contributed by atoms with E-state index < -0.39 is 0 Å². The third-order valence-electron chi connectivity index (χ3n) is 1.88. The largest absolute Gasteiger partial charge is 0.360 e. The highest BCUT2D eigenvalue weighted by atomic mass is 16.5. The van der Waals surface area contributed by atoms with Crippen LogP contribution in [0.4, 0.5) is 0 Å². The Bertz CT molecular complexity index is 299. The molecule has 1 N–H and O–H groups in total. The molecule has 0 saturated carbocycles. The van der Waals surface area contributed by atoms with Crippen molar-refractivity contribution < 1.29 is 4.52 Å². The molecular weight excluding hydrogens is 190 g/mol. The average Bonchev–Trinajstić information content (AvgIpc) is 2.46. The first-order chi connectivity index (χ1) is 6.87. The number of nitrogens with zero attached hydrogens (tertiary/aromatic N) is 2. The lowest BCUT2D eigenvalue weighted by Gasteiger charge is -2.19. The first kappa shape index (κ1) is 12.2. The van der Waals surface area contributed by atoms with Crippen molar-refractivity contribution >= 4 is 0 Å². The summed E-state index contributed by atoms with van der Waals surface area (Å²) in [5.74, 6) is 0.908. The van der Waals surface area contributed by atoms with E-state index in [1.54, 1.807) is 0 Å². The van der Waals surface area contributed by atoms with E-state index in [2.05, 4.69) is 36.1 Å². The molecule has 4 nitrogen and oxygen atoms in total. The molecule has 0 bridgehead atoms. The minimum absolute atomic E-state index is 0.112. The van der Waals surface area contributed by atoms with Gasteiger partial charge in [-0.3, -0.25) is 0 Å². The molecule has 0 amide bonds. The minimum Gasteiger partial charge on any atom is -0.360 e. The number of rotatable bonds is 4. The van der Waals surface area contributed by atoms with E-state index in [0.29, 0.717) is 0 Å². The summed E-state index contributed by atoms with van der Waals surface area (Å²) in [6.07, 6.45) is 0. The van der Waals surface area contributed by atoms with Crippen LogP contribution in [0, 0.1) is 0 Å². The molecule has 0 aliphatic rings. The molecule has 0 saturated heterocycles. The van der Waals surface area contributed by atoms with Gasteiger partial charge >= 0.3 is 0 Å². The number of nitrogens with one attached hydrogen (secondary N) is 1. The summed E-state index contributed by atoms with van der Waals surface area (Å²) in [5.41, 5.74) is 1.07. The van der Waals surface area contributed by atoms with Crippen molar-refractivity contribution in [3.05, 3.63) is 17.5 Å². The first-order valence-corrected chi connectivity index (χ1v) is 5.21. The molecule has 86 valence electrons. The number of aromatic nitrogens is 1. The molecule has 0 fully saturated rings. The van der Waals surface area contributed by atoms with E-state index in [1.807, 2.05) is 20.2 Å². The lowest BCUT2D eigenvalue weighted by Crippen LogP contribution is -2.35. The summed E-state index contributed by atoms with van der Waals surface area (Å²) in [6, 6.07) is 2.00. The summed E-state index contributed by atoms with van der Waals surface area (Å²) in [7, 11) is 4.02. The van der Waals surface area contributed by atoms with Crippen LogP contribution in [-0.2, 0) is 13.1 Å². The molecule has 15 heavy (non-hydrogen) atoms. The van der Waals surface area contributed by atoms with Gasteiger partial charge in [-0.2, -0.15) is 0 Å². The molecule has 4 heteroatoms. The molecule has 0 aromatic carbocycles. The van der Waals surface area contributed by atoms with Gasteiger partial charge in [0.15, 0.2) is 5.76 Å². The van der Waals surface area contributed by atoms with Gasteiger partial charge in [0.25, 0.3) is 0 Å². The van der Waals surface area contributed by atoms with Crippen LogP contribution < -0.4 is 5.32 Å². The van der Waals surface area contributed by atoms with Crippen LogP contribution in [0.3, 0.4) is 0 Å². The van der Waals surface area contributed by atoms with Gasteiger partial charge < -0.3 is 14.7 Å². The topological polar surface area (TPSA) is 41.3 Å². The quantitative estimate of drug-likeness (QED) is 0.821. The maximum atomic E-state index is 5.21. The van der Waals surface area contributed by atoms with Crippen molar-refractivity contribution in [2.45, 2.75) is 39.4 Å². The van der Waals surface area contributed by atoms with E-state index in [9.17, 15) is 0 Å². The Hall–Kier alpha value is -0.870. The molecule has 0 spiro atoms. The molecule has 1 heterocycles. The van der Waals surface area contributed by atoms with Crippen LogP contribution in [0.5, 0.6) is 0 Å². The van der Waals surface area contributed by atoms with Crippen molar-refractivity contribution in [1.82, 2.24) is 15.4 Å². The summed E-state index contributed by atoms with van der Waals surface area (Å²) in [4.78, 5) is 2.06. The van der Waals surface area contributed by atoms with Gasteiger partial charge in [-0.15, -0.1) is 0 Å². The lowest BCUT2D eigenvalue weighted by molar-refractivity contribution is 0.306. The van der Waals surface area contributed by atoms with Gasteiger partial charge in [0.2, 0.25) is 0 Å². The van der Waals surface area contributed by atoms with Crippen LogP contribution in [0.2, 0.25) is 0 Å². The SMILES string of the molecule is CN(C)Cc1cc(CNC(C)(C)C)no1. The van der Waals surface area contributed by atoms with E-state index >= 15 is 0 Å². The van der Waals surface area contributed by atoms with Crippen molar-refractivity contribution in [3.63, 3.8) is 0 Å².